The van der Waals surface area contributed by atoms with Crippen molar-refractivity contribution in [3.05, 3.63) is 35.9 Å². The maximum Gasteiger partial charge on any atom is 0.332 e. The number of esters is 1. The molecule has 18 heavy (non-hydrogen) atoms. The third-order valence-corrected chi connectivity index (χ3v) is 2.87. The van der Waals surface area contributed by atoms with Gasteiger partial charge < -0.3 is 15.0 Å². The van der Waals surface area contributed by atoms with Gasteiger partial charge in [-0.15, -0.1) is 0 Å². The standard InChI is InChI=1S/C14H22N2O2/c1-5-18-13(17)14(15-2,11-16(3)4)12-9-7-6-8-10-12/h6-10,15H,5,11H2,1-4H3. The van der Waals surface area contributed by atoms with Crippen LogP contribution in [-0.2, 0) is 15.1 Å². The van der Waals surface area contributed by atoms with Gasteiger partial charge in [-0.05, 0) is 33.6 Å². The van der Waals surface area contributed by atoms with Crippen LogP contribution in [0.3, 0.4) is 0 Å². The van der Waals surface area contributed by atoms with Crippen molar-refractivity contribution in [2.24, 2.45) is 0 Å². The van der Waals surface area contributed by atoms with Crippen LogP contribution in [0.2, 0.25) is 0 Å². The van der Waals surface area contributed by atoms with Crippen LogP contribution in [-0.4, -0.2) is 45.2 Å². The van der Waals surface area contributed by atoms with Crippen LogP contribution in [0.25, 0.3) is 0 Å². The SMILES string of the molecule is CCOC(=O)C(CN(C)C)(NC)c1ccccc1. The molecule has 0 aliphatic heterocycles. The van der Waals surface area contributed by atoms with Gasteiger partial charge in [-0.25, -0.2) is 4.79 Å². The first-order valence-corrected chi connectivity index (χ1v) is 6.13. The molecule has 0 spiro atoms. The third-order valence-electron chi connectivity index (χ3n) is 2.87. The van der Waals surface area contributed by atoms with Crippen molar-refractivity contribution in [3.8, 4) is 0 Å². The number of benzene rings is 1. The summed E-state index contributed by atoms with van der Waals surface area (Å²) < 4.78 is 5.23. The number of rotatable bonds is 6. The van der Waals surface area contributed by atoms with Crippen LogP contribution in [0.15, 0.2) is 30.3 Å². The summed E-state index contributed by atoms with van der Waals surface area (Å²) >= 11 is 0. The van der Waals surface area contributed by atoms with Gasteiger partial charge in [-0.3, -0.25) is 0 Å². The number of carbonyl (C=O) groups excluding carboxylic acids is 1. The molecular formula is C14H22N2O2. The molecule has 0 bridgehead atoms. The second-order valence-corrected chi connectivity index (χ2v) is 4.48. The molecule has 0 fully saturated rings. The Balaban J connectivity index is 3.18. The molecule has 1 rings (SSSR count). The summed E-state index contributed by atoms with van der Waals surface area (Å²) in [5.74, 6) is -0.243. The lowest BCUT2D eigenvalue weighted by atomic mass is 9.89. The number of hydrogen-bond acceptors (Lipinski definition) is 4. The van der Waals surface area contributed by atoms with Crippen LogP contribution in [0, 0.1) is 0 Å². The normalized spacial score (nSPS) is 14.3. The van der Waals surface area contributed by atoms with Gasteiger partial charge in [0.05, 0.1) is 6.61 Å². The van der Waals surface area contributed by atoms with Gasteiger partial charge in [0.2, 0.25) is 0 Å². The molecule has 4 heteroatoms. The Kier molecular flexibility index (Phi) is 5.31. The molecule has 0 heterocycles. The van der Waals surface area contributed by atoms with Crippen LogP contribution in [0.5, 0.6) is 0 Å². The van der Waals surface area contributed by atoms with Gasteiger partial charge in [-0.2, -0.15) is 0 Å². The van der Waals surface area contributed by atoms with Crippen LogP contribution < -0.4 is 5.32 Å². The molecule has 1 N–H and O–H groups in total. The number of hydrogen-bond donors (Lipinski definition) is 1. The molecule has 1 atom stereocenters. The highest BCUT2D eigenvalue weighted by Crippen LogP contribution is 2.23. The zero-order valence-corrected chi connectivity index (χ0v) is 11.6. The second-order valence-electron chi connectivity index (χ2n) is 4.48. The monoisotopic (exact) mass is 250 g/mol. The predicted molar refractivity (Wildman–Crippen MR) is 72.4 cm³/mol. The zero-order chi connectivity index (χ0) is 13.6. The van der Waals surface area contributed by atoms with Crippen LogP contribution in [0.4, 0.5) is 0 Å². The minimum atomic E-state index is -0.819. The highest BCUT2D eigenvalue weighted by molar-refractivity contribution is 5.83. The Morgan fingerprint density at radius 1 is 1.33 bits per heavy atom. The van der Waals surface area contributed by atoms with Crippen molar-refractivity contribution < 1.29 is 9.53 Å². The van der Waals surface area contributed by atoms with E-state index in [1.807, 2.05) is 56.3 Å². The molecule has 1 aromatic carbocycles. The molecule has 0 aromatic heterocycles. The quantitative estimate of drug-likeness (QED) is 0.771. The first-order valence-electron chi connectivity index (χ1n) is 6.13. The van der Waals surface area contributed by atoms with E-state index in [9.17, 15) is 4.79 Å². The number of nitrogens with zero attached hydrogens (tertiary/aromatic N) is 1. The van der Waals surface area contributed by atoms with E-state index < -0.39 is 5.54 Å². The van der Waals surface area contributed by atoms with E-state index in [0.717, 1.165) is 5.56 Å². The maximum atomic E-state index is 12.3. The van der Waals surface area contributed by atoms with E-state index in [1.54, 1.807) is 7.05 Å². The molecule has 1 aromatic rings. The lowest BCUT2D eigenvalue weighted by Gasteiger charge is -2.34. The summed E-state index contributed by atoms with van der Waals surface area (Å²) in [6.07, 6.45) is 0. The number of nitrogens with one attached hydrogen (secondary N) is 1. The zero-order valence-electron chi connectivity index (χ0n) is 11.6. The van der Waals surface area contributed by atoms with Crippen molar-refractivity contribution in [3.63, 3.8) is 0 Å². The van der Waals surface area contributed by atoms with Gasteiger partial charge in [0, 0.05) is 6.54 Å². The Hall–Kier alpha value is -1.39. The minimum absolute atomic E-state index is 0.243. The Bertz CT molecular complexity index is 379. The Morgan fingerprint density at radius 3 is 2.39 bits per heavy atom. The molecule has 4 nitrogen and oxygen atoms in total. The molecule has 0 saturated carbocycles. The Morgan fingerprint density at radius 2 is 1.94 bits per heavy atom. The summed E-state index contributed by atoms with van der Waals surface area (Å²) in [6, 6.07) is 9.67. The lowest BCUT2D eigenvalue weighted by Crippen LogP contribution is -2.54. The molecule has 0 aliphatic carbocycles. The van der Waals surface area contributed by atoms with Crippen molar-refractivity contribution >= 4 is 5.97 Å². The summed E-state index contributed by atoms with van der Waals surface area (Å²) in [7, 11) is 5.66. The number of carbonyl (C=O) groups is 1. The van der Waals surface area contributed by atoms with Crippen LogP contribution >= 0.6 is 0 Å². The summed E-state index contributed by atoms with van der Waals surface area (Å²) in [5.41, 5.74) is 0.0977. The average molecular weight is 250 g/mol. The van der Waals surface area contributed by atoms with Crippen LogP contribution in [0.1, 0.15) is 12.5 Å². The fourth-order valence-electron chi connectivity index (χ4n) is 2.05. The summed E-state index contributed by atoms with van der Waals surface area (Å²) in [5, 5.41) is 3.13. The smallest absolute Gasteiger partial charge is 0.332 e. The highest BCUT2D eigenvalue weighted by Gasteiger charge is 2.40. The highest BCUT2D eigenvalue weighted by atomic mass is 16.5. The first-order chi connectivity index (χ1) is 8.56. The van der Waals surface area contributed by atoms with Gasteiger partial charge >= 0.3 is 5.97 Å². The molecule has 100 valence electrons. The second kappa shape index (κ2) is 6.52. The van der Waals surface area contributed by atoms with E-state index in [0.29, 0.717) is 13.2 Å². The van der Waals surface area contributed by atoms with E-state index in [2.05, 4.69) is 5.32 Å². The summed E-state index contributed by atoms with van der Waals surface area (Å²) in [4.78, 5) is 14.3. The summed E-state index contributed by atoms with van der Waals surface area (Å²) in [6.45, 7) is 2.74. The molecule has 0 amide bonds. The molecule has 0 radical (unpaired) electrons. The van der Waals surface area contributed by atoms with E-state index >= 15 is 0 Å². The van der Waals surface area contributed by atoms with Gasteiger partial charge in [0.25, 0.3) is 0 Å². The molecular weight excluding hydrogens is 228 g/mol. The minimum Gasteiger partial charge on any atom is -0.464 e. The molecule has 0 aliphatic rings. The van der Waals surface area contributed by atoms with Gasteiger partial charge in [0.15, 0.2) is 5.54 Å². The van der Waals surface area contributed by atoms with E-state index in [4.69, 9.17) is 4.74 Å². The van der Waals surface area contributed by atoms with Gasteiger partial charge in [-0.1, -0.05) is 30.3 Å². The molecule has 0 saturated heterocycles. The largest absolute Gasteiger partial charge is 0.464 e. The predicted octanol–water partition coefficient (Wildman–Crippen LogP) is 1.23. The lowest BCUT2D eigenvalue weighted by molar-refractivity contribution is -0.152. The fourth-order valence-corrected chi connectivity index (χ4v) is 2.05. The number of ether oxygens (including phenoxy) is 1. The van der Waals surface area contributed by atoms with Crippen molar-refractivity contribution in [1.82, 2.24) is 10.2 Å². The Labute approximate surface area is 109 Å². The van der Waals surface area contributed by atoms with E-state index in [-0.39, 0.29) is 5.97 Å². The molecule has 1 unspecified atom stereocenters. The van der Waals surface area contributed by atoms with Crippen molar-refractivity contribution in [2.75, 3.05) is 34.3 Å². The fraction of sp³-hybridized carbons (Fsp3) is 0.500. The van der Waals surface area contributed by atoms with E-state index in [1.165, 1.54) is 0 Å². The number of likely N-dealkylation sites (N-methyl/N-ethyl adjacent to an activating group) is 2. The topological polar surface area (TPSA) is 41.6 Å². The maximum absolute atomic E-state index is 12.3. The van der Waals surface area contributed by atoms with Crippen molar-refractivity contribution in [1.29, 1.82) is 0 Å². The average Bonchev–Trinajstić information content (AvgIpc) is 2.37. The van der Waals surface area contributed by atoms with Crippen molar-refractivity contribution in [2.45, 2.75) is 12.5 Å². The third kappa shape index (κ3) is 3.09. The first kappa shape index (κ1) is 14.7. The van der Waals surface area contributed by atoms with Gasteiger partial charge in [0.1, 0.15) is 0 Å².